The van der Waals surface area contributed by atoms with E-state index >= 15 is 0 Å². The van der Waals surface area contributed by atoms with E-state index in [0.717, 1.165) is 19.4 Å². The lowest BCUT2D eigenvalue weighted by molar-refractivity contribution is 0.0595. The second kappa shape index (κ2) is 5.88. The molecule has 0 radical (unpaired) electrons. The molecule has 3 nitrogen and oxygen atoms in total. The molecule has 0 amide bonds. The van der Waals surface area contributed by atoms with Gasteiger partial charge in [0.2, 0.25) is 5.82 Å². The molecule has 2 rings (SSSR count). The van der Waals surface area contributed by atoms with Gasteiger partial charge in [-0.1, -0.05) is 11.6 Å². The molecule has 0 aliphatic carbocycles. The average molecular weight is 338 g/mol. The molecule has 1 heterocycles. The Balaban J connectivity index is 2.88. The third kappa shape index (κ3) is 2.50. The number of carbonyl (C=O) groups is 1. The molecule has 0 fully saturated rings. The van der Waals surface area contributed by atoms with E-state index in [1.54, 1.807) is 0 Å². The third-order valence-electron chi connectivity index (χ3n) is 2.71. The molecule has 1 aromatic carbocycles. The smallest absolute Gasteiger partial charge is 0.357 e. The fourth-order valence-corrected chi connectivity index (χ4v) is 1.89. The molecule has 0 unspecified atom stereocenters. The molecule has 1 aromatic heterocycles. The molecule has 0 aliphatic rings. The number of carbonyl (C=O) groups excluding carboxylic acids is 1. The van der Waals surface area contributed by atoms with Crippen molar-refractivity contribution in [2.45, 2.75) is 0 Å². The van der Waals surface area contributed by atoms with E-state index in [4.69, 9.17) is 11.6 Å². The number of ether oxygens (including phenoxy) is 1. The summed E-state index contributed by atoms with van der Waals surface area (Å²) in [4.78, 5) is 15.1. The highest BCUT2D eigenvalue weighted by atomic mass is 35.5. The zero-order valence-electron chi connectivity index (χ0n) is 10.7. The standard InChI is InChI=1S/C13H5ClF5NO2/c1-22-13(21)12-5(2-4(14)3-20-12)6-7(15)9(17)11(19)10(18)8(6)16/h2-3H,1H3. The summed E-state index contributed by atoms with van der Waals surface area (Å²) < 4.78 is 71.6. The predicted octanol–water partition coefficient (Wildman–Crippen LogP) is 3.88. The molecule has 0 saturated carbocycles. The van der Waals surface area contributed by atoms with Crippen LogP contribution in [0.3, 0.4) is 0 Å². The molecule has 0 saturated heterocycles. The van der Waals surface area contributed by atoms with Crippen molar-refractivity contribution >= 4 is 17.6 Å². The van der Waals surface area contributed by atoms with Gasteiger partial charge in [-0.05, 0) is 6.07 Å². The molecule has 0 N–H and O–H groups in total. The number of pyridine rings is 1. The number of benzene rings is 1. The van der Waals surface area contributed by atoms with Crippen LogP contribution in [-0.4, -0.2) is 18.1 Å². The number of hydrogen-bond acceptors (Lipinski definition) is 3. The topological polar surface area (TPSA) is 39.2 Å². The summed E-state index contributed by atoms with van der Waals surface area (Å²) in [6.07, 6.45) is 0.962. The first-order valence-electron chi connectivity index (χ1n) is 5.55. The second-order valence-corrected chi connectivity index (χ2v) is 4.42. The Morgan fingerprint density at radius 2 is 1.55 bits per heavy atom. The van der Waals surface area contributed by atoms with Crippen LogP contribution in [0.15, 0.2) is 12.3 Å². The first-order chi connectivity index (χ1) is 10.3. The van der Waals surface area contributed by atoms with E-state index < -0.39 is 51.9 Å². The molecular formula is C13H5ClF5NO2. The Bertz CT molecular complexity index is 753. The van der Waals surface area contributed by atoms with E-state index in [2.05, 4.69) is 9.72 Å². The van der Waals surface area contributed by atoms with Gasteiger partial charge < -0.3 is 4.74 Å². The molecule has 9 heteroatoms. The summed E-state index contributed by atoms with van der Waals surface area (Å²) in [6, 6.07) is 0.846. The van der Waals surface area contributed by atoms with Gasteiger partial charge in [0.25, 0.3) is 0 Å². The fourth-order valence-electron chi connectivity index (χ4n) is 1.73. The van der Waals surface area contributed by atoms with Crippen molar-refractivity contribution in [2.75, 3.05) is 7.11 Å². The highest BCUT2D eigenvalue weighted by molar-refractivity contribution is 6.30. The number of nitrogens with zero attached hydrogens (tertiary/aromatic N) is 1. The van der Waals surface area contributed by atoms with Crippen molar-refractivity contribution in [1.29, 1.82) is 0 Å². The SMILES string of the molecule is COC(=O)c1ncc(Cl)cc1-c1c(F)c(F)c(F)c(F)c1F. The monoisotopic (exact) mass is 337 g/mol. The number of rotatable bonds is 2. The zero-order chi connectivity index (χ0) is 16.6. The van der Waals surface area contributed by atoms with E-state index in [9.17, 15) is 26.7 Å². The highest BCUT2D eigenvalue weighted by Gasteiger charge is 2.29. The molecule has 0 spiro atoms. The van der Waals surface area contributed by atoms with E-state index in [1.165, 1.54) is 0 Å². The van der Waals surface area contributed by atoms with Crippen molar-refractivity contribution in [3.05, 3.63) is 52.1 Å². The van der Waals surface area contributed by atoms with Gasteiger partial charge in [0.1, 0.15) is 0 Å². The fraction of sp³-hybridized carbons (Fsp3) is 0.0769. The van der Waals surface area contributed by atoms with Crippen molar-refractivity contribution in [2.24, 2.45) is 0 Å². The van der Waals surface area contributed by atoms with Crippen LogP contribution in [0.5, 0.6) is 0 Å². The predicted molar refractivity (Wildman–Crippen MR) is 65.8 cm³/mol. The van der Waals surface area contributed by atoms with Crippen LogP contribution in [0, 0.1) is 29.1 Å². The van der Waals surface area contributed by atoms with Gasteiger partial charge >= 0.3 is 5.97 Å². The van der Waals surface area contributed by atoms with Crippen LogP contribution in [0.25, 0.3) is 11.1 Å². The summed E-state index contributed by atoms with van der Waals surface area (Å²) in [7, 11) is 0.959. The minimum absolute atomic E-state index is 0.174. The third-order valence-corrected chi connectivity index (χ3v) is 2.92. The van der Waals surface area contributed by atoms with Crippen molar-refractivity contribution in [3.63, 3.8) is 0 Å². The minimum Gasteiger partial charge on any atom is -0.464 e. The second-order valence-electron chi connectivity index (χ2n) is 3.99. The first-order valence-corrected chi connectivity index (χ1v) is 5.93. The van der Waals surface area contributed by atoms with Gasteiger partial charge in [-0.2, -0.15) is 0 Å². The largest absolute Gasteiger partial charge is 0.464 e. The van der Waals surface area contributed by atoms with Gasteiger partial charge in [0.15, 0.2) is 29.0 Å². The molecule has 2 aromatic rings. The Hall–Kier alpha value is -2.22. The van der Waals surface area contributed by atoms with Crippen molar-refractivity contribution < 1.29 is 31.5 Å². The quantitative estimate of drug-likeness (QED) is 0.361. The highest BCUT2D eigenvalue weighted by Crippen LogP contribution is 2.34. The van der Waals surface area contributed by atoms with Crippen LogP contribution in [-0.2, 0) is 4.74 Å². The Morgan fingerprint density at radius 1 is 1.05 bits per heavy atom. The number of halogens is 6. The zero-order valence-corrected chi connectivity index (χ0v) is 11.4. The maximum Gasteiger partial charge on any atom is 0.357 e. The number of aromatic nitrogens is 1. The minimum atomic E-state index is -2.31. The first kappa shape index (κ1) is 16.2. The van der Waals surface area contributed by atoms with Crippen LogP contribution < -0.4 is 0 Å². The van der Waals surface area contributed by atoms with Crippen LogP contribution >= 0.6 is 11.6 Å². The molecule has 116 valence electrons. The van der Waals surface area contributed by atoms with Gasteiger partial charge in [-0.3, -0.25) is 0 Å². The summed E-state index contributed by atoms with van der Waals surface area (Å²) in [6.45, 7) is 0. The normalized spacial score (nSPS) is 10.7. The summed E-state index contributed by atoms with van der Waals surface area (Å²) in [5.74, 6) is -11.9. The maximum atomic E-state index is 13.8. The lowest BCUT2D eigenvalue weighted by atomic mass is 10.0. The number of esters is 1. The van der Waals surface area contributed by atoms with Gasteiger partial charge in [-0.25, -0.2) is 31.7 Å². The molecular weight excluding hydrogens is 333 g/mol. The van der Waals surface area contributed by atoms with Crippen LogP contribution in [0.4, 0.5) is 22.0 Å². The number of hydrogen-bond donors (Lipinski definition) is 0. The summed E-state index contributed by atoms with van der Waals surface area (Å²) in [5, 5.41) is -0.174. The number of methoxy groups -OCH3 is 1. The van der Waals surface area contributed by atoms with E-state index in [0.29, 0.717) is 0 Å². The van der Waals surface area contributed by atoms with Gasteiger partial charge in [0, 0.05) is 11.8 Å². The molecule has 0 atom stereocenters. The Kier molecular flexibility index (Phi) is 4.32. The van der Waals surface area contributed by atoms with E-state index in [1.807, 2.05) is 0 Å². The van der Waals surface area contributed by atoms with Gasteiger partial charge in [0.05, 0.1) is 17.7 Å². The maximum absolute atomic E-state index is 13.8. The molecule has 22 heavy (non-hydrogen) atoms. The molecule has 0 bridgehead atoms. The van der Waals surface area contributed by atoms with Crippen molar-refractivity contribution in [1.82, 2.24) is 4.98 Å². The lowest BCUT2D eigenvalue weighted by Gasteiger charge is -2.11. The summed E-state index contributed by atoms with van der Waals surface area (Å²) in [5.41, 5.74) is -2.63. The Labute approximate surface area is 125 Å². The average Bonchev–Trinajstić information content (AvgIpc) is 2.50. The van der Waals surface area contributed by atoms with Crippen LogP contribution in [0.1, 0.15) is 10.5 Å². The Morgan fingerprint density at radius 3 is 2.05 bits per heavy atom. The van der Waals surface area contributed by atoms with E-state index in [-0.39, 0.29) is 5.02 Å². The lowest BCUT2D eigenvalue weighted by Crippen LogP contribution is -2.10. The summed E-state index contributed by atoms with van der Waals surface area (Å²) >= 11 is 5.61. The molecule has 0 aliphatic heterocycles. The van der Waals surface area contributed by atoms with Crippen LogP contribution in [0.2, 0.25) is 5.02 Å². The van der Waals surface area contributed by atoms with Crippen molar-refractivity contribution in [3.8, 4) is 11.1 Å². The van der Waals surface area contributed by atoms with Gasteiger partial charge in [-0.15, -0.1) is 0 Å².